The van der Waals surface area contributed by atoms with E-state index < -0.39 is 18.1 Å². The van der Waals surface area contributed by atoms with Crippen LogP contribution >= 0.6 is 0 Å². The van der Waals surface area contributed by atoms with Gasteiger partial charge in [-0.05, 0) is 36.2 Å². The number of nitrogens with one attached hydrogen (secondary N) is 1. The lowest BCUT2D eigenvalue weighted by Gasteiger charge is -2.36. The number of carbonyl (C=O) groups excluding carboxylic acids is 1. The number of likely N-dealkylation sites (tertiary alicyclic amines) is 1. The maximum atomic E-state index is 13.4. The van der Waals surface area contributed by atoms with Gasteiger partial charge >= 0.3 is 0 Å². The van der Waals surface area contributed by atoms with Crippen LogP contribution in [0.5, 0.6) is 0 Å². The quantitative estimate of drug-likeness (QED) is 0.707. The molecule has 2 aromatic carbocycles. The summed E-state index contributed by atoms with van der Waals surface area (Å²) in [6, 6.07) is 13.7. The van der Waals surface area contributed by atoms with E-state index in [9.17, 15) is 19.1 Å². The van der Waals surface area contributed by atoms with E-state index in [1.54, 1.807) is 30.3 Å². The first-order valence-electron chi connectivity index (χ1n) is 9.48. The van der Waals surface area contributed by atoms with Crippen molar-refractivity contribution in [2.75, 3.05) is 13.1 Å². The molecule has 7 heteroatoms. The maximum Gasteiger partial charge on any atom is 0.287 e. The lowest BCUT2D eigenvalue weighted by atomic mass is 10.0. The number of aliphatic hydroxyl groups excluding tert-OH is 1. The molecule has 0 saturated carbocycles. The number of halogens is 1. The summed E-state index contributed by atoms with van der Waals surface area (Å²) in [6.07, 6.45) is -0.239. The molecule has 0 aliphatic carbocycles. The second-order valence-corrected chi connectivity index (χ2v) is 7.27. The van der Waals surface area contributed by atoms with Gasteiger partial charge in [0.25, 0.3) is 5.91 Å². The lowest BCUT2D eigenvalue weighted by molar-refractivity contribution is 0.0402. The number of nitrogens with zero attached hydrogens (tertiary/aromatic N) is 1. The fourth-order valence-corrected chi connectivity index (χ4v) is 3.64. The van der Waals surface area contributed by atoms with Crippen LogP contribution in [0.25, 0.3) is 11.0 Å². The smallest absolute Gasteiger partial charge is 0.287 e. The second kappa shape index (κ2) is 8.14. The van der Waals surface area contributed by atoms with Crippen molar-refractivity contribution in [1.29, 1.82) is 0 Å². The van der Waals surface area contributed by atoms with Crippen molar-refractivity contribution in [2.24, 2.45) is 0 Å². The van der Waals surface area contributed by atoms with E-state index in [1.165, 1.54) is 12.1 Å². The standard InChI is InChI=1S/C22H21FN2O4/c23-15-5-3-4-14(10-15)12-25-9-8-18(26)17(13-25)24-22(28)21-11-19(27)16-6-1-2-7-20(16)29-21/h1-7,10-11,17-18,26H,8-9,12-13H2,(H,24,28)/t17-,18+/m1/s1. The van der Waals surface area contributed by atoms with E-state index in [0.717, 1.165) is 11.6 Å². The highest BCUT2D eigenvalue weighted by molar-refractivity contribution is 5.93. The topological polar surface area (TPSA) is 82.8 Å². The van der Waals surface area contributed by atoms with Crippen LogP contribution in [0.15, 0.2) is 63.8 Å². The van der Waals surface area contributed by atoms with Crippen LogP contribution in [0.4, 0.5) is 4.39 Å². The largest absolute Gasteiger partial charge is 0.451 e. The number of piperidine rings is 1. The third-order valence-electron chi connectivity index (χ3n) is 5.13. The summed E-state index contributed by atoms with van der Waals surface area (Å²) in [7, 11) is 0. The van der Waals surface area contributed by atoms with Gasteiger partial charge in [0.1, 0.15) is 11.4 Å². The Morgan fingerprint density at radius 3 is 2.86 bits per heavy atom. The van der Waals surface area contributed by atoms with Crippen LogP contribution in [0, 0.1) is 5.82 Å². The Labute approximate surface area is 166 Å². The van der Waals surface area contributed by atoms with E-state index in [2.05, 4.69) is 5.32 Å². The molecule has 6 nitrogen and oxygen atoms in total. The Kier molecular flexibility index (Phi) is 5.42. The van der Waals surface area contributed by atoms with Gasteiger partial charge in [-0.15, -0.1) is 0 Å². The highest BCUT2D eigenvalue weighted by atomic mass is 19.1. The summed E-state index contributed by atoms with van der Waals surface area (Å²) in [4.78, 5) is 26.9. The number of benzene rings is 2. The Balaban J connectivity index is 1.47. The van der Waals surface area contributed by atoms with Gasteiger partial charge in [0.05, 0.1) is 17.5 Å². The minimum absolute atomic E-state index is 0.0943. The normalized spacial score (nSPS) is 19.9. The molecule has 4 rings (SSSR count). The van der Waals surface area contributed by atoms with Crippen molar-refractivity contribution in [3.05, 3.63) is 82.0 Å². The second-order valence-electron chi connectivity index (χ2n) is 7.27. The predicted molar refractivity (Wildman–Crippen MR) is 106 cm³/mol. The predicted octanol–water partition coefficient (Wildman–Crippen LogP) is 2.30. The summed E-state index contributed by atoms with van der Waals surface area (Å²) in [5.41, 5.74) is 0.864. The average Bonchev–Trinajstić information content (AvgIpc) is 2.70. The van der Waals surface area contributed by atoms with E-state index >= 15 is 0 Å². The molecule has 2 heterocycles. The van der Waals surface area contributed by atoms with Crippen molar-refractivity contribution in [1.82, 2.24) is 10.2 Å². The monoisotopic (exact) mass is 396 g/mol. The SMILES string of the molecule is O=C(N[C@@H]1CN(Cc2cccc(F)c2)CC[C@@H]1O)c1cc(=O)c2ccccc2o1. The molecule has 0 radical (unpaired) electrons. The average molecular weight is 396 g/mol. The summed E-state index contributed by atoms with van der Waals surface area (Å²) in [5, 5.41) is 13.5. The molecular weight excluding hydrogens is 375 g/mol. The molecule has 0 unspecified atom stereocenters. The van der Waals surface area contributed by atoms with Crippen LogP contribution in [0.1, 0.15) is 22.5 Å². The molecule has 1 amide bonds. The van der Waals surface area contributed by atoms with E-state index in [4.69, 9.17) is 4.42 Å². The lowest BCUT2D eigenvalue weighted by Crippen LogP contribution is -2.54. The first-order chi connectivity index (χ1) is 14.0. The van der Waals surface area contributed by atoms with E-state index in [1.807, 2.05) is 11.0 Å². The molecule has 150 valence electrons. The van der Waals surface area contributed by atoms with E-state index in [0.29, 0.717) is 37.0 Å². The van der Waals surface area contributed by atoms with Gasteiger partial charge in [-0.25, -0.2) is 4.39 Å². The number of rotatable bonds is 4. The Bertz CT molecular complexity index is 1100. The Morgan fingerprint density at radius 2 is 2.03 bits per heavy atom. The Morgan fingerprint density at radius 1 is 1.21 bits per heavy atom. The van der Waals surface area contributed by atoms with Crippen LogP contribution < -0.4 is 10.7 Å². The number of hydrogen-bond donors (Lipinski definition) is 2. The molecule has 1 aliphatic rings. The molecule has 29 heavy (non-hydrogen) atoms. The van der Waals surface area contributed by atoms with Gasteiger partial charge in [0.15, 0.2) is 11.2 Å². The summed E-state index contributed by atoms with van der Waals surface area (Å²) >= 11 is 0. The number of amides is 1. The van der Waals surface area contributed by atoms with Crippen molar-refractivity contribution in [3.8, 4) is 0 Å². The first kappa shape index (κ1) is 19.3. The van der Waals surface area contributed by atoms with Gasteiger partial charge in [0.2, 0.25) is 0 Å². The molecular formula is C22H21FN2O4. The number of para-hydroxylation sites is 1. The summed E-state index contributed by atoms with van der Waals surface area (Å²) in [6.45, 7) is 1.55. The van der Waals surface area contributed by atoms with Crippen LogP contribution in [-0.2, 0) is 6.54 Å². The number of fused-ring (bicyclic) bond motifs is 1. The zero-order chi connectivity index (χ0) is 20.4. The minimum Gasteiger partial charge on any atom is -0.451 e. The van der Waals surface area contributed by atoms with Crippen molar-refractivity contribution < 1.29 is 18.7 Å². The van der Waals surface area contributed by atoms with Gasteiger partial charge in [-0.1, -0.05) is 24.3 Å². The molecule has 1 aliphatic heterocycles. The highest BCUT2D eigenvalue weighted by Gasteiger charge is 2.30. The van der Waals surface area contributed by atoms with E-state index in [-0.39, 0.29) is 17.0 Å². The molecule has 1 fully saturated rings. The zero-order valence-electron chi connectivity index (χ0n) is 15.7. The molecule has 2 N–H and O–H groups in total. The third-order valence-corrected chi connectivity index (χ3v) is 5.13. The third kappa shape index (κ3) is 4.36. The van der Waals surface area contributed by atoms with Gasteiger partial charge in [-0.3, -0.25) is 14.5 Å². The maximum absolute atomic E-state index is 13.4. The Hall–Kier alpha value is -3.03. The first-order valence-corrected chi connectivity index (χ1v) is 9.48. The fraction of sp³-hybridized carbons (Fsp3) is 0.273. The molecule has 2 atom stereocenters. The molecule has 3 aromatic rings. The summed E-state index contributed by atoms with van der Waals surface area (Å²) < 4.78 is 19.0. The number of carbonyl (C=O) groups is 1. The minimum atomic E-state index is -0.713. The van der Waals surface area contributed by atoms with Crippen LogP contribution in [-0.4, -0.2) is 41.1 Å². The van der Waals surface area contributed by atoms with Crippen LogP contribution in [0.3, 0.4) is 0 Å². The summed E-state index contributed by atoms with van der Waals surface area (Å²) in [5.74, 6) is -0.941. The fourth-order valence-electron chi connectivity index (χ4n) is 3.64. The highest BCUT2D eigenvalue weighted by Crippen LogP contribution is 2.17. The van der Waals surface area contributed by atoms with Crippen molar-refractivity contribution in [3.63, 3.8) is 0 Å². The number of hydrogen-bond acceptors (Lipinski definition) is 5. The van der Waals surface area contributed by atoms with Crippen molar-refractivity contribution in [2.45, 2.75) is 25.1 Å². The van der Waals surface area contributed by atoms with Crippen molar-refractivity contribution >= 4 is 16.9 Å². The van der Waals surface area contributed by atoms with Gasteiger partial charge in [0, 0.05) is 25.7 Å². The number of aliphatic hydroxyl groups is 1. The molecule has 1 aromatic heterocycles. The zero-order valence-corrected chi connectivity index (χ0v) is 15.7. The van der Waals surface area contributed by atoms with Gasteiger partial charge in [-0.2, -0.15) is 0 Å². The molecule has 0 spiro atoms. The van der Waals surface area contributed by atoms with Crippen LogP contribution in [0.2, 0.25) is 0 Å². The molecule has 1 saturated heterocycles. The van der Waals surface area contributed by atoms with Gasteiger partial charge < -0.3 is 14.8 Å². The molecule has 0 bridgehead atoms.